The third kappa shape index (κ3) is 5.15. The average molecular weight is 272 g/mol. The molecule has 0 spiro atoms. The van der Waals surface area contributed by atoms with Crippen LogP contribution in [0.15, 0.2) is 24.3 Å². The van der Waals surface area contributed by atoms with E-state index in [1.54, 1.807) is 24.3 Å². The third-order valence-electron chi connectivity index (χ3n) is 2.21. The molecule has 0 aliphatic heterocycles. The van der Waals surface area contributed by atoms with Crippen LogP contribution in [-0.2, 0) is 14.6 Å². The molecule has 0 fully saturated rings. The molecule has 0 bridgehead atoms. The predicted molar refractivity (Wildman–Crippen MR) is 68.5 cm³/mol. The summed E-state index contributed by atoms with van der Waals surface area (Å²) >= 11 is 0. The topological polar surface area (TPSA) is 109 Å². The van der Waals surface area contributed by atoms with Crippen LogP contribution >= 0.6 is 0 Å². The summed E-state index contributed by atoms with van der Waals surface area (Å²) in [5.41, 5.74) is 6.68. The molecule has 6 nitrogen and oxygen atoms in total. The fourth-order valence-electron chi connectivity index (χ4n) is 1.34. The summed E-state index contributed by atoms with van der Waals surface area (Å²) in [7, 11) is -3.35. The molecule has 100 valence electrons. The molecule has 1 atom stereocenters. The van der Waals surface area contributed by atoms with Crippen LogP contribution in [0.1, 0.15) is 11.7 Å². The molecule has 7 heteroatoms. The number of carbonyl (C=O) groups is 1. The van der Waals surface area contributed by atoms with Gasteiger partial charge in [-0.3, -0.25) is 4.79 Å². The van der Waals surface area contributed by atoms with Crippen molar-refractivity contribution in [2.45, 2.75) is 6.10 Å². The van der Waals surface area contributed by atoms with Crippen LogP contribution in [0, 0.1) is 0 Å². The van der Waals surface area contributed by atoms with Crippen molar-refractivity contribution < 1.29 is 18.3 Å². The van der Waals surface area contributed by atoms with E-state index < -0.39 is 27.6 Å². The van der Waals surface area contributed by atoms with Crippen LogP contribution in [0.2, 0.25) is 0 Å². The fraction of sp³-hybridized carbons (Fsp3) is 0.364. The molecule has 0 aromatic heterocycles. The second-order valence-electron chi connectivity index (χ2n) is 4.06. The Morgan fingerprint density at radius 2 is 1.94 bits per heavy atom. The highest BCUT2D eigenvalue weighted by atomic mass is 32.2. The zero-order valence-corrected chi connectivity index (χ0v) is 10.8. The van der Waals surface area contributed by atoms with Gasteiger partial charge in [0.1, 0.15) is 5.75 Å². The quantitative estimate of drug-likeness (QED) is 0.624. The normalized spacial score (nSPS) is 13.0. The molecule has 4 N–H and O–H groups in total. The Morgan fingerprint density at radius 3 is 2.44 bits per heavy atom. The number of carbonyl (C=O) groups excluding carboxylic acids is 1. The van der Waals surface area contributed by atoms with Crippen LogP contribution in [-0.4, -0.2) is 38.0 Å². The number of hydrogen-bond donors (Lipinski definition) is 3. The number of sulfone groups is 1. The minimum atomic E-state index is -3.35. The van der Waals surface area contributed by atoms with Crippen LogP contribution in [0.25, 0.3) is 0 Å². The van der Waals surface area contributed by atoms with Gasteiger partial charge in [-0.1, -0.05) is 12.1 Å². The Labute approximate surface area is 106 Å². The minimum absolute atomic E-state index is 0.0434. The molecule has 1 aromatic rings. The van der Waals surface area contributed by atoms with Gasteiger partial charge in [0.05, 0.1) is 6.10 Å². The predicted octanol–water partition coefficient (Wildman–Crippen LogP) is -0.537. The number of hydrogen-bond acceptors (Lipinski definition) is 5. The molecule has 18 heavy (non-hydrogen) atoms. The van der Waals surface area contributed by atoms with Crippen LogP contribution in [0.5, 0.6) is 0 Å². The number of nitrogens with one attached hydrogen (secondary N) is 1. The highest BCUT2D eigenvalue weighted by Gasteiger charge is 2.13. The van der Waals surface area contributed by atoms with Gasteiger partial charge < -0.3 is 16.2 Å². The molecule has 0 heterocycles. The van der Waals surface area contributed by atoms with Crippen molar-refractivity contribution in [2.75, 3.05) is 24.3 Å². The number of nitrogens with two attached hydrogens (primary N) is 1. The molecule has 1 unspecified atom stereocenters. The SMILES string of the molecule is CS(=O)(=O)CC(=O)NCC(O)c1ccc(N)cc1. The lowest BCUT2D eigenvalue weighted by molar-refractivity contribution is -0.119. The van der Waals surface area contributed by atoms with Crippen molar-refractivity contribution in [3.05, 3.63) is 29.8 Å². The summed E-state index contributed by atoms with van der Waals surface area (Å²) in [4.78, 5) is 11.2. The maximum Gasteiger partial charge on any atom is 0.235 e. The first kappa shape index (κ1) is 14.5. The van der Waals surface area contributed by atoms with Crippen molar-refractivity contribution >= 4 is 21.4 Å². The van der Waals surface area contributed by atoms with Crippen LogP contribution in [0.3, 0.4) is 0 Å². The van der Waals surface area contributed by atoms with Gasteiger partial charge in [0.2, 0.25) is 5.91 Å². The van der Waals surface area contributed by atoms with Crippen molar-refractivity contribution in [3.8, 4) is 0 Å². The molecule has 1 rings (SSSR count). The van der Waals surface area contributed by atoms with Gasteiger partial charge >= 0.3 is 0 Å². The summed E-state index contributed by atoms with van der Waals surface area (Å²) in [5.74, 6) is -1.21. The zero-order chi connectivity index (χ0) is 13.8. The lowest BCUT2D eigenvalue weighted by Gasteiger charge is -2.12. The van der Waals surface area contributed by atoms with E-state index in [0.717, 1.165) is 6.26 Å². The van der Waals surface area contributed by atoms with Gasteiger partial charge in [-0.15, -0.1) is 0 Å². The smallest absolute Gasteiger partial charge is 0.235 e. The minimum Gasteiger partial charge on any atom is -0.399 e. The van der Waals surface area contributed by atoms with Gasteiger partial charge in [0, 0.05) is 18.5 Å². The monoisotopic (exact) mass is 272 g/mol. The van der Waals surface area contributed by atoms with Gasteiger partial charge in [-0.05, 0) is 17.7 Å². The van der Waals surface area contributed by atoms with Crippen molar-refractivity contribution in [1.29, 1.82) is 0 Å². The Kier molecular flexibility index (Phi) is 4.69. The first-order valence-electron chi connectivity index (χ1n) is 5.26. The molecular weight excluding hydrogens is 256 g/mol. The number of benzene rings is 1. The largest absolute Gasteiger partial charge is 0.399 e. The second kappa shape index (κ2) is 5.83. The summed E-state index contributed by atoms with van der Waals surface area (Å²) in [6.07, 6.45) is 0.0808. The number of aliphatic hydroxyl groups excluding tert-OH is 1. The number of aliphatic hydroxyl groups is 1. The Morgan fingerprint density at radius 1 is 1.39 bits per heavy atom. The third-order valence-corrected chi connectivity index (χ3v) is 2.99. The van der Waals surface area contributed by atoms with Gasteiger partial charge in [0.25, 0.3) is 0 Å². The van der Waals surface area contributed by atoms with E-state index in [1.807, 2.05) is 0 Å². The lowest BCUT2D eigenvalue weighted by atomic mass is 10.1. The number of nitrogen functional groups attached to an aromatic ring is 1. The molecule has 0 aliphatic carbocycles. The Balaban J connectivity index is 2.49. The summed E-state index contributed by atoms with van der Waals surface area (Å²) in [6.45, 7) is -0.0434. The Bertz CT molecular complexity index is 510. The van der Waals surface area contributed by atoms with Crippen molar-refractivity contribution in [3.63, 3.8) is 0 Å². The molecule has 1 amide bonds. The fourth-order valence-corrected chi connectivity index (χ4v) is 1.91. The maximum atomic E-state index is 11.2. The Hall–Kier alpha value is -1.60. The zero-order valence-electron chi connectivity index (χ0n) is 9.96. The maximum absolute atomic E-state index is 11.2. The highest BCUT2D eigenvalue weighted by Crippen LogP contribution is 2.13. The first-order chi connectivity index (χ1) is 8.28. The lowest BCUT2D eigenvalue weighted by Crippen LogP contribution is -2.33. The summed E-state index contributed by atoms with van der Waals surface area (Å²) in [6, 6.07) is 6.55. The van der Waals surface area contributed by atoms with E-state index in [2.05, 4.69) is 5.32 Å². The first-order valence-corrected chi connectivity index (χ1v) is 7.32. The van der Waals surface area contributed by atoms with E-state index in [-0.39, 0.29) is 6.54 Å². The van der Waals surface area contributed by atoms with Gasteiger partial charge in [-0.25, -0.2) is 8.42 Å². The van der Waals surface area contributed by atoms with Gasteiger partial charge in [-0.2, -0.15) is 0 Å². The molecule has 0 aliphatic rings. The van der Waals surface area contributed by atoms with Crippen molar-refractivity contribution in [2.24, 2.45) is 0 Å². The van der Waals surface area contributed by atoms with E-state index in [9.17, 15) is 18.3 Å². The second-order valence-corrected chi connectivity index (χ2v) is 6.20. The van der Waals surface area contributed by atoms with E-state index in [0.29, 0.717) is 11.3 Å². The summed E-state index contributed by atoms with van der Waals surface area (Å²) in [5, 5.41) is 12.1. The molecule has 0 radical (unpaired) electrons. The van der Waals surface area contributed by atoms with E-state index in [4.69, 9.17) is 5.73 Å². The molecule has 0 saturated carbocycles. The van der Waals surface area contributed by atoms with Gasteiger partial charge in [0.15, 0.2) is 9.84 Å². The highest BCUT2D eigenvalue weighted by molar-refractivity contribution is 7.91. The number of rotatable bonds is 5. The molecule has 0 saturated heterocycles. The average Bonchev–Trinajstić information content (AvgIpc) is 2.24. The molecule has 1 aromatic carbocycles. The number of anilines is 1. The van der Waals surface area contributed by atoms with Crippen LogP contribution in [0.4, 0.5) is 5.69 Å². The van der Waals surface area contributed by atoms with E-state index in [1.165, 1.54) is 0 Å². The number of amides is 1. The molecular formula is C11H16N2O4S. The van der Waals surface area contributed by atoms with Crippen molar-refractivity contribution in [1.82, 2.24) is 5.32 Å². The summed E-state index contributed by atoms with van der Waals surface area (Å²) < 4.78 is 21.7. The van der Waals surface area contributed by atoms with Crippen LogP contribution < -0.4 is 11.1 Å². The van der Waals surface area contributed by atoms with E-state index >= 15 is 0 Å². The standard InChI is InChI=1S/C11H16N2O4S/c1-18(16,17)7-11(15)13-6-10(14)8-2-4-9(12)5-3-8/h2-5,10,14H,6-7,12H2,1H3,(H,13,15).